The highest BCUT2D eigenvalue weighted by atomic mass is 79.9. The van der Waals surface area contributed by atoms with Crippen LogP contribution in [0.5, 0.6) is 0 Å². The summed E-state index contributed by atoms with van der Waals surface area (Å²) in [6.07, 6.45) is 0. The zero-order valence-electron chi connectivity index (χ0n) is 11.7. The number of nitrogens with one attached hydrogen (secondary N) is 1. The maximum absolute atomic E-state index is 13.1. The molecular formula is C16H15BrFNO2. The number of aromatic carboxylic acids is 1. The summed E-state index contributed by atoms with van der Waals surface area (Å²) in [7, 11) is 0. The van der Waals surface area contributed by atoms with E-state index >= 15 is 0 Å². The first-order chi connectivity index (χ1) is 9.88. The van der Waals surface area contributed by atoms with Gasteiger partial charge in [-0.25, -0.2) is 9.18 Å². The molecule has 0 saturated heterocycles. The van der Waals surface area contributed by atoms with Crippen molar-refractivity contribution in [3.63, 3.8) is 0 Å². The van der Waals surface area contributed by atoms with Gasteiger partial charge in [0.15, 0.2) is 0 Å². The van der Waals surface area contributed by atoms with Crippen LogP contribution in [0.4, 0.5) is 10.1 Å². The number of carboxylic acids is 1. The molecule has 21 heavy (non-hydrogen) atoms. The predicted molar refractivity (Wildman–Crippen MR) is 84.3 cm³/mol. The molecule has 0 heterocycles. The van der Waals surface area contributed by atoms with Gasteiger partial charge in [-0.05, 0) is 55.3 Å². The van der Waals surface area contributed by atoms with E-state index in [2.05, 4.69) is 21.2 Å². The number of hydrogen-bond donors (Lipinski definition) is 2. The number of carboxylic acid groups (broad SMARTS) is 1. The Morgan fingerprint density at radius 3 is 2.57 bits per heavy atom. The second kappa shape index (κ2) is 6.26. The van der Waals surface area contributed by atoms with Crippen LogP contribution in [0.2, 0.25) is 0 Å². The maximum Gasteiger partial charge on any atom is 0.335 e. The van der Waals surface area contributed by atoms with E-state index in [0.29, 0.717) is 4.47 Å². The Hall–Kier alpha value is -1.88. The highest BCUT2D eigenvalue weighted by Crippen LogP contribution is 2.28. The third-order valence-corrected chi connectivity index (χ3v) is 3.96. The zero-order chi connectivity index (χ0) is 15.6. The summed E-state index contributed by atoms with van der Waals surface area (Å²) in [5.41, 5.74) is 2.88. The molecule has 0 aromatic heterocycles. The van der Waals surface area contributed by atoms with Crippen molar-refractivity contribution in [3.05, 3.63) is 63.4 Å². The molecule has 0 saturated carbocycles. The van der Waals surface area contributed by atoms with Gasteiger partial charge >= 0.3 is 5.97 Å². The minimum Gasteiger partial charge on any atom is -0.478 e. The molecule has 1 unspecified atom stereocenters. The molecular weight excluding hydrogens is 337 g/mol. The van der Waals surface area contributed by atoms with Crippen LogP contribution in [-0.4, -0.2) is 11.1 Å². The number of aryl methyl sites for hydroxylation is 1. The Morgan fingerprint density at radius 1 is 1.29 bits per heavy atom. The maximum atomic E-state index is 13.1. The lowest BCUT2D eigenvalue weighted by Gasteiger charge is -2.19. The van der Waals surface area contributed by atoms with Crippen LogP contribution in [0.3, 0.4) is 0 Å². The average Bonchev–Trinajstić information content (AvgIpc) is 2.40. The Labute approximate surface area is 130 Å². The van der Waals surface area contributed by atoms with Crippen molar-refractivity contribution < 1.29 is 14.3 Å². The van der Waals surface area contributed by atoms with Gasteiger partial charge in [0, 0.05) is 16.2 Å². The average molecular weight is 352 g/mol. The standard InChI is InChI=1S/C16H15BrFNO2/c1-9-7-11(16(20)21)3-6-15(9)19-10(2)13-5-4-12(18)8-14(13)17/h3-8,10,19H,1-2H3,(H,20,21). The number of rotatable bonds is 4. The quantitative estimate of drug-likeness (QED) is 0.834. The third-order valence-electron chi connectivity index (χ3n) is 3.27. The molecule has 0 amide bonds. The van der Waals surface area contributed by atoms with Crippen LogP contribution >= 0.6 is 15.9 Å². The van der Waals surface area contributed by atoms with Crippen molar-refractivity contribution in [2.45, 2.75) is 19.9 Å². The fourth-order valence-electron chi connectivity index (χ4n) is 2.12. The van der Waals surface area contributed by atoms with E-state index in [1.165, 1.54) is 12.1 Å². The summed E-state index contributed by atoms with van der Waals surface area (Å²) in [4.78, 5) is 10.9. The number of hydrogen-bond acceptors (Lipinski definition) is 2. The van der Waals surface area contributed by atoms with E-state index in [4.69, 9.17) is 5.11 Å². The van der Waals surface area contributed by atoms with Gasteiger partial charge in [0.1, 0.15) is 5.82 Å². The van der Waals surface area contributed by atoms with Gasteiger partial charge in [0.25, 0.3) is 0 Å². The fourth-order valence-corrected chi connectivity index (χ4v) is 2.82. The topological polar surface area (TPSA) is 49.3 Å². The molecule has 0 aliphatic heterocycles. The van der Waals surface area contributed by atoms with Crippen molar-refractivity contribution in [2.75, 3.05) is 5.32 Å². The van der Waals surface area contributed by atoms with Crippen LogP contribution in [0, 0.1) is 12.7 Å². The summed E-state index contributed by atoms with van der Waals surface area (Å²) in [5, 5.41) is 12.3. The number of halogens is 2. The smallest absolute Gasteiger partial charge is 0.335 e. The molecule has 3 nitrogen and oxygen atoms in total. The Kier molecular flexibility index (Phi) is 4.63. The van der Waals surface area contributed by atoms with Gasteiger partial charge in [-0.3, -0.25) is 0 Å². The second-order valence-electron chi connectivity index (χ2n) is 4.87. The third kappa shape index (κ3) is 3.61. The van der Waals surface area contributed by atoms with Gasteiger partial charge in [-0.2, -0.15) is 0 Å². The molecule has 0 aliphatic rings. The number of benzene rings is 2. The molecule has 0 radical (unpaired) electrons. The summed E-state index contributed by atoms with van der Waals surface area (Å²) in [6, 6.07) is 9.44. The van der Waals surface area contributed by atoms with Gasteiger partial charge in [-0.15, -0.1) is 0 Å². The van der Waals surface area contributed by atoms with E-state index in [1.807, 2.05) is 13.8 Å². The van der Waals surface area contributed by atoms with Crippen LogP contribution in [0.15, 0.2) is 40.9 Å². The van der Waals surface area contributed by atoms with Crippen molar-refractivity contribution in [1.82, 2.24) is 0 Å². The summed E-state index contributed by atoms with van der Waals surface area (Å²) in [6.45, 7) is 3.81. The second-order valence-corrected chi connectivity index (χ2v) is 5.72. The molecule has 0 fully saturated rings. The largest absolute Gasteiger partial charge is 0.478 e. The minimum atomic E-state index is -0.945. The van der Waals surface area contributed by atoms with E-state index in [9.17, 15) is 9.18 Å². The van der Waals surface area contributed by atoms with E-state index in [-0.39, 0.29) is 17.4 Å². The van der Waals surface area contributed by atoms with Crippen LogP contribution in [0.25, 0.3) is 0 Å². The molecule has 0 bridgehead atoms. The van der Waals surface area contributed by atoms with E-state index in [0.717, 1.165) is 16.8 Å². The first-order valence-electron chi connectivity index (χ1n) is 6.44. The lowest BCUT2D eigenvalue weighted by molar-refractivity contribution is 0.0697. The van der Waals surface area contributed by atoms with Gasteiger partial charge in [0.2, 0.25) is 0 Å². The monoisotopic (exact) mass is 351 g/mol. The van der Waals surface area contributed by atoms with E-state index < -0.39 is 5.97 Å². The molecule has 2 aromatic carbocycles. The highest BCUT2D eigenvalue weighted by molar-refractivity contribution is 9.10. The lowest BCUT2D eigenvalue weighted by Crippen LogP contribution is -2.09. The molecule has 0 aliphatic carbocycles. The van der Waals surface area contributed by atoms with Crippen molar-refractivity contribution in [2.24, 2.45) is 0 Å². The van der Waals surface area contributed by atoms with Crippen molar-refractivity contribution in [1.29, 1.82) is 0 Å². The van der Waals surface area contributed by atoms with Crippen LogP contribution in [0.1, 0.15) is 34.5 Å². The molecule has 5 heteroatoms. The first kappa shape index (κ1) is 15.5. The minimum absolute atomic E-state index is 0.0469. The SMILES string of the molecule is Cc1cc(C(=O)O)ccc1NC(C)c1ccc(F)cc1Br. The number of carbonyl (C=O) groups is 1. The van der Waals surface area contributed by atoms with Gasteiger partial charge < -0.3 is 10.4 Å². The Bertz CT molecular complexity index is 688. The molecule has 2 N–H and O–H groups in total. The fraction of sp³-hybridized carbons (Fsp3) is 0.188. The number of anilines is 1. The highest BCUT2D eigenvalue weighted by Gasteiger charge is 2.12. The molecule has 110 valence electrons. The predicted octanol–water partition coefficient (Wildman–Crippen LogP) is 4.77. The first-order valence-corrected chi connectivity index (χ1v) is 7.23. The van der Waals surface area contributed by atoms with Crippen LogP contribution < -0.4 is 5.32 Å². The van der Waals surface area contributed by atoms with Crippen molar-refractivity contribution in [3.8, 4) is 0 Å². The molecule has 2 rings (SSSR count). The van der Waals surface area contributed by atoms with Gasteiger partial charge in [0.05, 0.1) is 5.56 Å². The summed E-state index contributed by atoms with van der Waals surface area (Å²) in [5.74, 6) is -1.24. The van der Waals surface area contributed by atoms with Crippen LogP contribution in [-0.2, 0) is 0 Å². The molecule has 1 atom stereocenters. The Balaban J connectivity index is 2.23. The summed E-state index contributed by atoms with van der Waals surface area (Å²) < 4.78 is 13.8. The zero-order valence-corrected chi connectivity index (χ0v) is 13.2. The molecule has 2 aromatic rings. The van der Waals surface area contributed by atoms with Gasteiger partial charge in [-0.1, -0.05) is 22.0 Å². The summed E-state index contributed by atoms with van der Waals surface area (Å²) >= 11 is 3.35. The molecule has 0 spiro atoms. The lowest BCUT2D eigenvalue weighted by atomic mass is 10.1. The van der Waals surface area contributed by atoms with Crippen molar-refractivity contribution >= 4 is 27.6 Å². The normalized spacial score (nSPS) is 12.0. The van der Waals surface area contributed by atoms with E-state index in [1.54, 1.807) is 24.3 Å². The Morgan fingerprint density at radius 2 is 2.00 bits per heavy atom.